The van der Waals surface area contributed by atoms with Crippen LogP contribution in [0.1, 0.15) is 12.8 Å². The van der Waals surface area contributed by atoms with Crippen LogP contribution in [0.3, 0.4) is 0 Å². The van der Waals surface area contributed by atoms with Crippen molar-refractivity contribution >= 4 is 11.8 Å². The van der Waals surface area contributed by atoms with Crippen molar-refractivity contribution in [3.8, 4) is 0 Å². The summed E-state index contributed by atoms with van der Waals surface area (Å²) in [6, 6.07) is 0. The first-order chi connectivity index (χ1) is 3.34. The Balaban J connectivity index is 2.10. The first kappa shape index (κ1) is 5.45. The molecule has 1 aliphatic rings. The lowest BCUT2D eigenvalue weighted by molar-refractivity contribution is 0.241. The summed E-state index contributed by atoms with van der Waals surface area (Å²) < 4.78 is 0. The normalized spacial score (nSPS) is 24.9. The summed E-state index contributed by atoms with van der Waals surface area (Å²) in [5, 5.41) is 8.96. The van der Waals surface area contributed by atoms with Crippen LogP contribution in [0.4, 0.5) is 0 Å². The van der Waals surface area contributed by atoms with Gasteiger partial charge >= 0.3 is 0 Å². The molecule has 1 atom stereocenters. The lowest BCUT2D eigenvalue weighted by Crippen LogP contribution is -2.00. The number of thioether (sulfide) groups is 1. The summed E-state index contributed by atoms with van der Waals surface area (Å²) in [6.45, 7) is 0. The largest absolute Gasteiger partial charge is 0.382 e. The van der Waals surface area contributed by atoms with E-state index in [1.165, 1.54) is 12.8 Å². The molecule has 0 heterocycles. The van der Waals surface area contributed by atoms with Gasteiger partial charge < -0.3 is 5.11 Å². The van der Waals surface area contributed by atoms with E-state index in [1.54, 1.807) is 11.8 Å². The summed E-state index contributed by atoms with van der Waals surface area (Å²) in [5.74, 6) is 0.634. The quantitative estimate of drug-likeness (QED) is 0.547. The van der Waals surface area contributed by atoms with E-state index in [2.05, 4.69) is 0 Å². The molecule has 1 rings (SSSR count). The van der Waals surface area contributed by atoms with Gasteiger partial charge in [-0.1, -0.05) is 0 Å². The zero-order valence-corrected chi connectivity index (χ0v) is 5.24. The van der Waals surface area contributed by atoms with E-state index >= 15 is 0 Å². The summed E-state index contributed by atoms with van der Waals surface area (Å²) in [7, 11) is 0. The van der Waals surface area contributed by atoms with Gasteiger partial charge in [-0.25, -0.2) is 0 Å². The van der Waals surface area contributed by atoms with Crippen molar-refractivity contribution in [2.45, 2.75) is 18.3 Å². The van der Waals surface area contributed by atoms with Gasteiger partial charge in [-0.2, -0.15) is 0 Å². The van der Waals surface area contributed by atoms with Crippen molar-refractivity contribution in [3.63, 3.8) is 0 Å². The zero-order chi connectivity index (χ0) is 5.28. The predicted octanol–water partition coefficient (Wildman–Crippen LogP) is 1.08. The molecule has 42 valence electrons. The van der Waals surface area contributed by atoms with Crippen LogP contribution in [0.25, 0.3) is 0 Å². The van der Waals surface area contributed by atoms with Crippen molar-refractivity contribution in [2.75, 3.05) is 6.26 Å². The van der Waals surface area contributed by atoms with Gasteiger partial charge in [-0.3, -0.25) is 0 Å². The second kappa shape index (κ2) is 2.05. The summed E-state index contributed by atoms with van der Waals surface area (Å²) >= 11 is 1.55. The average molecular weight is 118 g/mol. The Kier molecular flexibility index (Phi) is 1.60. The molecule has 0 aromatic heterocycles. The van der Waals surface area contributed by atoms with Crippen molar-refractivity contribution < 1.29 is 5.11 Å². The lowest BCUT2D eigenvalue weighted by atomic mass is 10.5. The smallest absolute Gasteiger partial charge is 0.102 e. The van der Waals surface area contributed by atoms with E-state index in [9.17, 15) is 0 Å². The SMILES string of the molecule is CSC(O)C1CC1. The van der Waals surface area contributed by atoms with Gasteiger partial charge in [-0.05, 0) is 25.0 Å². The van der Waals surface area contributed by atoms with E-state index in [0.29, 0.717) is 5.92 Å². The molecule has 1 aliphatic carbocycles. The zero-order valence-electron chi connectivity index (χ0n) is 4.42. The number of hydrogen-bond donors (Lipinski definition) is 1. The average Bonchev–Trinajstić information content (AvgIpc) is 2.44. The Morgan fingerprint density at radius 1 is 1.71 bits per heavy atom. The third kappa shape index (κ3) is 1.35. The Bertz CT molecular complexity index is 61.1. The molecule has 1 saturated carbocycles. The van der Waals surface area contributed by atoms with Crippen LogP contribution < -0.4 is 0 Å². The molecular weight excluding hydrogens is 108 g/mol. The maximum absolute atomic E-state index is 8.96. The highest BCUT2D eigenvalue weighted by Gasteiger charge is 2.28. The molecule has 0 aromatic carbocycles. The molecule has 2 heteroatoms. The summed E-state index contributed by atoms with van der Waals surface area (Å²) in [5.41, 5.74) is -0.0694. The molecule has 1 N–H and O–H groups in total. The lowest BCUT2D eigenvalue weighted by Gasteiger charge is -2.00. The Morgan fingerprint density at radius 2 is 2.29 bits per heavy atom. The minimum absolute atomic E-state index is 0.0694. The fourth-order valence-corrected chi connectivity index (χ4v) is 1.23. The standard InChI is InChI=1S/C5H10OS/c1-7-5(6)4-2-3-4/h4-6H,2-3H2,1H3. The Labute approximate surface area is 48.1 Å². The van der Waals surface area contributed by atoms with E-state index < -0.39 is 0 Å². The highest BCUT2D eigenvalue weighted by atomic mass is 32.2. The van der Waals surface area contributed by atoms with Crippen LogP contribution >= 0.6 is 11.8 Å². The topological polar surface area (TPSA) is 20.2 Å². The molecule has 0 bridgehead atoms. The van der Waals surface area contributed by atoms with E-state index in [1.807, 2.05) is 6.26 Å². The third-order valence-electron chi connectivity index (χ3n) is 1.27. The van der Waals surface area contributed by atoms with Gasteiger partial charge in [0.15, 0.2) is 0 Å². The second-order valence-corrected chi connectivity index (χ2v) is 2.92. The van der Waals surface area contributed by atoms with Crippen molar-refractivity contribution in [2.24, 2.45) is 5.92 Å². The van der Waals surface area contributed by atoms with E-state index in [4.69, 9.17) is 5.11 Å². The molecule has 0 amide bonds. The Hall–Kier alpha value is 0.310. The molecule has 0 radical (unpaired) electrons. The van der Waals surface area contributed by atoms with Gasteiger partial charge in [-0.15, -0.1) is 11.8 Å². The molecule has 0 spiro atoms. The minimum atomic E-state index is -0.0694. The molecule has 1 nitrogen and oxygen atoms in total. The van der Waals surface area contributed by atoms with E-state index in [-0.39, 0.29) is 5.44 Å². The van der Waals surface area contributed by atoms with Crippen LogP contribution in [-0.4, -0.2) is 16.8 Å². The fraction of sp³-hybridized carbons (Fsp3) is 1.00. The van der Waals surface area contributed by atoms with Gasteiger partial charge in [0.05, 0.1) is 0 Å². The third-order valence-corrected chi connectivity index (χ3v) is 2.13. The second-order valence-electron chi connectivity index (χ2n) is 1.96. The maximum atomic E-state index is 8.96. The fourth-order valence-electron chi connectivity index (χ4n) is 0.574. The van der Waals surface area contributed by atoms with Crippen LogP contribution in [0, 0.1) is 5.92 Å². The van der Waals surface area contributed by atoms with Gasteiger partial charge in [0.1, 0.15) is 5.44 Å². The van der Waals surface area contributed by atoms with Crippen LogP contribution in [0.15, 0.2) is 0 Å². The first-order valence-corrected chi connectivity index (χ1v) is 3.84. The molecule has 0 aliphatic heterocycles. The van der Waals surface area contributed by atoms with Crippen molar-refractivity contribution in [3.05, 3.63) is 0 Å². The van der Waals surface area contributed by atoms with Gasteiger partial charge in [0.2, 0.25) is 0 Å². The molecule has 1 unspecified atom stereocenters. The highest BCUT2D eigenvalue weighted by molar-refractivity contribution is 7.99. The molecular formula is C5H10OS. The van der Waals surface area contributed by atoms with Crippen LogP contribution in [-0.2, 0) is 0 Å². The number of rotatable bonds is 2. The molecule has 1 fully saturated rings. The van der Waals surface area contributed by atoms with Crippen LogP contribution in [0.5, 0.6) is 0 Å². The van der Waals surface area contributed by atoms with E-state index in [0.717, 1.165) is 0 Å². The van der Waals surface area contributed by atoms with Gasteiger partial charge in [0, 0.05) is 0 Å². The number of hydrogen-bond acceptors (Lipinski definition) is 2. The van der Waals surface area contributed by atoms with Crippen molar-refractivity contribution in [1.82, 2.24) is 0 Å². The maximum Gasteiger partial charge on any atom is 0.102 e. The number of aliphatic hydroxyl groups is 1. The predicted molar refractivity (Wildman–Crippen MR) is 32.2 cm³/mol. The monoisotopic (exact) mass is 118 g/mol. The summed E-state index contributed by atoms with van der Waals surface area (Å²) in [4.78, 5) is 0. The van der Waals surface area contributed by atoms with Crippen molar-refractivity contribution in [1.29, 1.82) is 0 Å². The minimum Gasteiger partial charge on any atom is -0.382 e. The molecule has 7 heavy (non-hydrogen) atoms. The first-order valence-electron chi connectivity index (χ1n) is 2.55. The number of aliphatic hydroxyl groups excluding tert-OH is 1. The van der Waals surface area contributed by atoms with Gasteiger partial charge in [0.25, 0.3) is 0 Å². The van der Waals surface area contributed by atoms with Crippen LogP contribution in [0.2, 0.25) is 0 Å². The highest BCUT2D eigenvalue weighted by Crippen LogP contribution is 2.36. The summed E-state index contributed by atoms with van der Waals surface area (Å²) in [6.07, 6.45) is 4.42. The Morgan fingerprint density at radius 3 is 2.43 bits per heavy atom. The molecule has 0 saturated heterocycles. The molecule has 0 aromatic rings.